The maximum Gasteiger partial charge on any atom is 0.488 e. The largest absolute Gasteiger partial charge is 0.488 e. The summed E-state index contributed by atoms with van der Waals surface area (Å²) in [7, 11) is -1.47. The Balaban J connectivity index is 2.40. The number of anilines is 1. The molecule has 1 aromatic carbocycles. The van der Waals surface area contributed by atoms with Gasteiger partial charge >= 0.3 is 7.12 Å². The lowest BCUT2D eigenvalue weighted by atomic mass is 9.79. The summed E-state index contributed by atoms with van der Waals surface area (Å²) in [6.45, 7) is 0. The van der Waals surface area contributed by atoms with Crippen molar-refractivity contribution in [2.45, 2.75) is 6.42 Å². The van der Waals surface area contributed by atoms with E-state index in [0.717, 1.165) is 11.3 Å². The summed E-state index contributed by atoms with van der Waals surface area (Å²) in [5, 5.41) is 20.4. The number of benzene rings is 1. The molecule has 1 amide bonds. The Morgan fingerprint density at radius 2 is 2.15 bits per heavy atom. The average molecular weight is 177 g/mol. The molecular weight excluding hydrogens is 169 g/mol. The van der Waals surface area contributed by atoms with E-state index < -0.39 is 7.12 Å². The van der Waals surface area contributed by atoms with Gasteiger partial charge in [-0.1, -0.05) is 12.1 Å². The number of amides is 1. The molecule has 4 nitrogen and oxygen atoms in total. The summed E-state index contributed by atoms with van der Waals surface area (Å²) in [5.41, 5.74) is 1.99. The second kappa shape index (κ2) is 2.87. The van der Waals surface area contributed by atoms with Crippen molar-refractivity contribution in [3.8, 4) is 0 Å². The SMILES string of the molecule is O=C1Cc2cc(B(O)O)ccc2N1. The lowest BCUT2D eigenvalue weighted by Crippen LogP contribution is -2.29. The number of fused-ring (bicyclic) bond motifs is 1. The van der Waals surface area contributed by atoms with Gasteiger partial charge in [0.1, 0.15) is 0 Å². The van der Waals surface area contributed by atoms with Gasteiger partial charge in [-0.2, -0.15) is 0 Å². The molecule has 66 valence electrons. The minimum absolute atomic E-state index is 0.0559. The van der Waals surface area contributed by atoms with Gasteiger partial charge in [-0.3, -0.25) is 4.79 Å². The van der Waals surface area contributed by atoms with E-state index in [1.54, 1.807) is 18.2 Å². The molecule has 0 spiro atoms. The van der Waals surface area contributed by atoms with Crippen LogP contribution in [0.1, 0.15) is 5.56 Å². The maximum absolute atomic E-state index is 10.9. The van der Waals surface area contributed by atoms with Crippen LogP contribution in [-0.2, 0) is 11.2 Å². The van der Waals surface area contributed by atoms with Gasteiger partial charge < -0.3 is 15.4 Å². The molecule has 1 heterocycles. The number of hydrogen-bond acceptors (Lipinski definition) is 3. The van der Waals surface area contributed by atoms with E-state index in [2.05, 4.69) is 5.32 Å². The standard InChI is InChI=1S/C8H8BNO3/c11-8-4-5-3-6(9(12)13)1-2-7(5)10-8/h1-3,12-13H,4H2,(H,10,11). The van der Waals surface area contributed by atoms with Crippen molar-refractivity contribution in [1.82, 2.24) is 0 Å². The lowest BCUT2D eigenvalue weighted by Gasteiger charge is -2.01. The molecule has 13 heavy (non-hydrogen) atoms. The zero-order valence-corrected chi connectivity index (χ0v) is 6.82. The monoisotopic (exact) mass is 177 g/mol. The first kappa shape index (κ1) is 8.28. The molecule has 0 atom stereocenters. The summed E-state index contributed by atoms with van der Waals surface area (Å²) in [4.78, 5) is 10.9. The van der Waals surface area contributed by atoms with E-state index in [9.17, 15) is 4.79 Å². The van der Waals surface area contributed by atoms with Crippen molar-refractivity contribution in [2.24, 2.45) is 0 Å². The number of nitrogens with one attached hydrogen (secondary N) is 1. The number of rotatable bonds is 1. The third kappa shape index (κ3) is 1.43. The van der Waals surface area contributed by atoms with Gasteiger partial charge in [0, 0.05) is 5.69 Å². The normalized spacial score (nSPS) is 13.8. The predicted octanol–water partition coefficient (Wildman–Crippen LogP) is -1.14. The van der Waals surface area contributed by atoms with Crippen LogP contribution < -0.4 is 10.8 Å². The molecule has 3 N–H and O–H groups in total. The van der Waals surface area contributed by atoms with Crippen molar-refractivity contribution in [3.05, 3.63) is 23.8 Å². The summed E-state index contributed by atoms with van der Waals surface area (Å²) in [6.07, 6.45) is 0.315. The van der Waals surface area contributed by atoms with Gasteiger partial charge in [0.25, 0.3) is 0 Å². The third-order valence-corrected chi connectivity index (χ3v) is 2.05. The van der Waals surface area contributed by atoms with E-state index in [-0.39, 0.29) is 5.91 Å². The molecule has 0 unspecified atom stereocenters. The molecule has 0 radical (unpaired) electrons. The summed E-state index contributed by atoms with van der Waals surface area (Å²) in [6, 6.07) is 4.88. The maximum atomic E-state index is 10.9. The van der Waals surface area contributed by atoms with E-state index in [0.29, 0.717) is 11.9 Å². The minimum Gasteiger partial charge on any atom is -0.423 e. The molecule has 1 aromatic rings. The Labute approximate surface area is 75.3 Å². The molecule has 1 aliphatic rings. The Morgan fingerprint density at radius 3 is 2.85 bits per heavy atom. The van der Waals surface area contributed by atoms with Gasteiger partial charge in [0.2, 0.25) is 5.91 Å². The van der Waals surface area contributed by atoms with Crippen LogP contribution in [0.25, 0.3) is 0 Å². The fourth-order valence-electron chi connectivity index (χ4n) is 1.41. The fourth-order valence-corrected chi connectivity index (χ4v) is 1.41. The first-order valence-electron chi connectivity index (χ1n) is 3.95. The van der Waals surface area contributed by atoms with Gasteiger partial charge in [-0.05, 0) is 17.1 Å². The molecule has 0 fully saturated rings. The van der Waals surface area contributed by atoms with Crippen molar-refractivity contribution in [3.63, 3.8) is 0 Å². The molecular formula is C8H8BNO3. The molecule has 0 saturated carbocycles. The fraction of sp³-hybridized carbons (Fsp3) is 0.125. The van der Waals surface area contributed by atoms with Gasteiger partial charge in [-0.15, -0.1) is 0 Å². The first-order valence-corrected chi connectivity index (χ1v) is 3.95. The van der Waals surface area contributed by atoms with Crippen LogP contribution in [0, 0.1) is 0 Å². The smallest absolute Gasteiger partial charge is 0.423 e. The zero-order chi connectivity index (χ0) is 9.42. The highest BCUT2D eigenvalue weighted by molar-refractivity contribution is 6.58. The van der Waals surface area contributed by atoms with Crippen LogP contribution in [0.15, 0.2) is 18.2 Å². The molecule has 0 bridgehead atoms. The molecule has 1 aliphatic heterocycles. The van der Waals surface area contributed by atoms with Crippen molar-refractivity contribution in [2.75, 3.05) is 5.32 Å². The highest BCUT2D eigenvalue weighted by Gasteiger charge is 2.20. The van der Waals surface area contributed by atoms with Gasteiger partial charge in [0.15, 0.2) is 0 Å². The second-order valence-electron chi connectivity index (χ2n) is 3.02. The van der Waals surface area contributed by atoms with Crippen molar-refractivity contribution >= 4 is 24.2 Å². The summed E-state index contributed by atoms with van der Waals surface area (Å²) >= 11 is 0. The molecule has 2 rings (SSSR count). The molecule has 0 aliphatic carbocycles. The first-order chi connectivity index (χ1) is 6.16. The van der Waals surface area contributed by atoms with Gasteiger partial charge in [-0.25, -0.2) is 0 Å². The Morgan fingerprint density at radius 1 is 1.38 bits per heavy atom. The Kier molecular flexibility index (Phi) is 1.83. The third-order valence-electron chi connectivity index (χ3n) is 2.05. The van der Waals surface area contributed by atoms with Crippen LogP contribution in [-0.4, -0.2) is 23.1 Å². The zero-order valence-electron chi connectivity index (χ0n) is 6.82. The summed E-state index contributed by atoms with van der Waals surface area (Å²) in [5.74, 6) is -0.0559. The number of carbonyl (C=O) groups excluding carboxylic acids is 1. The predicted molar refractivity (Wildman–Crippen MR) is 48.6 cm³/mol. The average Bonchev–Trinajstić information content (AvgIpc) is 2.42. The van der Waals surface area contributed by atoms with Crippen LogP contribution in [0.4, 0.5) is 5.69 Å². The number of carbonyl (C=O) groups is 1. The van der Waals surface area contributed by atoms with Gasteiger partial charge in [0.05, 0.1) is 6.42 Å². The topological polar surface area (TPSA) is 69.6 Å². The molecule has 5 heteroatoms. The van der Waals surface area contributed by atoms with Crippen LogP contribution >= 0.6 is 0 Å². The van der Waals surface area contributed by atoms with E-state index in [1.807, 2.05) is 0 Å². The van der Waals surface area contributed by atoms with Crippen LogP contribution in [0.3, 0.4) is 0 Å². The van der Waals surface area contributed by atoms with Crippen molar-refractivity contribution in [1.29, 1.82) is 0 Å². The summed E-state index contributed by atoms with van der Waals surface area (Å²) < 4.78 is 0. The van der Waals surface area contributed by atoms with Crippen LogP contribution in [0.2, 0.25) is 0 Å². The molecule has 0 aromatic heterocycles. The quantitative estimate of drug-likeness (QED) is 0.475. The van der Waals surface area contributed by atoms with Crippen molar-refractivity contribution < 1.29 is 14.8 Å². The van der Waals surface area contributed by atoms with Crippen LogP contribution in [0.5, 0.6) is 0 Å². The Hall–Kier alpha value is -1.33. The molecule has 0 saturated heterocycles. The van der Waals surface area contributed by atoms with E-state index in [4.69, 9.17) is 10.0 Å². The Bertz CT molecular complexity index is 364. The highest BCUT2D eigenvalue weighted by Crippen LogP contribution is 2.20. The highest BCUT2D eigenvalue weighted by atomic mass is 16.4. The van der Waals surface area contributed by atoms with E-state index in [1.165, 1.54) is 0 Å². The lowest BCUT2D eigenvalue weighted by molar-refractivity contribution is -0.115. The number of hydrogen-bond donors (Lipinski definition) is 3. The van der Waals surface area contributed by atoms with E-state index >= 15 is 0 Å². The minimum atomic E-state index is -1.47. The second-order valence-corrected chi connectivity index (χ2v) is 3.02.